The smallest absolute Gasteiger partial charge is 0.342 e. The van der Waals surface area contributed by atoms with Gasteiger partial charge in [-0.25, -0.2) is 14.8 Å². The van der Waals surface area contributed by atoms with Crippen LogP contribution in [0, 0.1) is 6.92 Å². The average Bonchev–Trinajstić information content (AvgIpc) is 2.62. The molecule has 2 aromatic rings. The van der Waals surface area contributed by atoms with E-state index in [1.54, 1.807) is 26.0 Å². The Morgan fingerprint density at radius 1 is 1.24 bits per heavy atom. The third-order valence-corrected chi connectivity index (χ3v) is 4.22. The van der Waals surface area contributed by atoms with Gasteiger partial charge in [-0.3, -0.25) is 0 Å². The van der Waals surface area contributed by atoms with Crippen molar-refractivity contribution in [3.8, 4) is 11.3 Å². The normalized spacial score (nSPS) is 14.4. The number of nitrogens with zero attached hydrogens (tertiary/aromatic N) is 3. The van der Waals surface area contributed by atoms with Crippen LogP contribution in [0.1, 0.15) is 23.0 Å². The van der Waals surface area contributed by atoms with E-state index in [2.05, 4.69) is 14.9 Å². The number of ether oxygens (including phenoxy) is 2. The Hall–Kier alpha value is -2.18. The quantitative estimate of drug-likeness (QED) is 0.779. The van der Waals surface area contributed by atoms with Gasteiger partial charge in [0.1, 0.15) is 5.56 Å². The number of hydrogen-bond donors (Lipinski definition) is 0. The summed E-state index contributed by atoms with van der Waals surface area (Å²) in [5, 5.41) is 0.626. The minimum Gasteiger partial charge on any atom is -0.462 e. The van der Waals surface area contributed by atoms with Crippen LogP contribution >= 0.6 is 11.6 Å². The Morgan fingerprint density at radius 2 is 1.92 bits per heavy atom. The minimum atomic E-state index is -0.418. The molecule has 0 saturated carbocycles. The highest BCUT2D eigenvalue weighted by Crippen LogP contribution is 2.28. The Balaban J connectivity index is 2.10. The van der Waals surface area contributed by atoms with Crippen molar-refractivity contribution in [2.75, 3.05) is 37.8 Å². The van der Waals surface area contributed by atoms with Gasteiger partial charge in [0, 0.05) is 23.7 Å². The zero-order chi connectivity index (χ0) is 17.8. The summed E-state index contributed by atoms with van der Waals surface area (Å²) in [6, 6.07) is 7.24. The van der Waals surface area contributed by atoms with Crippen LogP contribution in [-0.2, 0) is 9.47 Å². The summed E-state index contributed by atoms with van der Waals surface area (Å²) in [6.45, 7) is 6.59. The molecule has 1 aromatic carbocycles. The van der Waals surface area contributed by atoms with Crippen molar-refractivity contribution in [2.24, 2.45) is 0 Å². The van der Waals surface area contributed by atoms with Gasteiger partial charge in [-0.1, -0.05) is 23.7 Å². The Labute approximate surface area is 151 Å². The molecule has 3 rings (SSSR count). The number of benzene rings is 1. The van der Waals surface area contributed by atoms with Crippen LogP contribution in [0.3, 0.4) is 0 Å². The Morgan fingerprint density at radius 3 is 2.56 bits per heavy atom. The summed E-state index contributed by atoms with van der Waals surface area (Å²) in [6.07, 6.45) is 0. The average molecular weight is 362 g/mol. The molecule has 25 heavy (non-hydrogen) atoms. The predicted octanol–water partition coefficient (Wildman–Crippen LogP) is 3.12. The molecule has 1 saturated heterocycles. The highest BCUT2D eigenvalue weighted by molar-refractivity contribution is 6.30. The molecule has 1 aromatic heterocycles. The van der Waals surface area contributed by atoms with E-state index in [-0.39, 0.29) is 0 Å². The van der Waals surface area contributed by atoms with Gasteiger partial charge in [0.2, 0.25) is 5.95 Å². The monoisotopic (exact) mass is 361 g/mol. The van der Waals surface area contributed by atoms with E-state index in [1.807, 2.05) is 12.1 Å². The van der Waals surface area contributed by atoms with Crippen molar-refractivity contribution < 1.29 is 14.3 Å². The first-order valence-corrected chi connectivity index (χ1v) is 8.62. The van der Waals surface area contributed by atoms with Crippen molar-refractivity contribution >= 4 is 23.5 Å². The number of esters is 1. The lowest BCUT2D eigenvalue weighted by molar-refractivity contribution is 0.0525. The van der Waals surface area contributed by atoms with Gasteiger partial charge >= 0.3 is 5.97 Å². The fourth-order valence-electron chi connectivity index (χ4n) is 2.73. The molecule has 7 heteroatoms. The summed E-state index contributed by atoms with van der Waals surface area (Å²) in [5.74, 6) is 0.178. The molecule has 1 fully saturated rings. The second-order valence-electron chi connectivity index (χ2n) is 5.66. The molecular weight excluding hydrogens is 342 g/mol. The molecule has 132 valence electrons. The number of morpholine rings is 1. The van der Waals surface area contributed by atoms with E-state index in [9.17, 15) is 4.79 Å². The SMILES string of the molecule is CCOC(=O)c1c(C)nc(N2CCOCC2)nc1-c1ccc(Cl)cc1. The number of halogens is 1. The molecule has 0 N–H and O–H groups in total. The summed E-state index contributed by atoms with van der Waals surface area (Å²) < 4.78 is 10.6. The van der Waals surface area contributed by atoms with Gasteiger partial charge in [0.25, 0.3) is 0 Å². The van der Waals surface area contributed by atoms with Crippen LogP contribution < -0.4 is 4.90 Å². The highest BCUT2D eigenvalue weighted by Gasteiger charge is 2.23. The topological polar surface area (TPSA) is 64.5 Å². The molecular formula is C18H20ClN3O3. The second kappa shape index (κ2) is 7.80. The standard InChI is InChI=1S/C18H20ClN3O3/c1-3-25-17(23)15-12(2)20-18(22-8-10-24-11-9-22)21-16(15)13-4-6-14(19)7-5-13/h4-7H,3,8-11H2,1-2H3. The Kier molecular flexibility index (Phi) is 5.50. The largest absolute Gasteiger partial charge is 0.462 e. The van der Waals surface area contributed by atoms with Gasteiger partial charge in [0.15, 0.2) is 0 Å². The fraction of sp³-hybridized carbons (Fsp3) is 0.389. The van der Waals surface area contributed by atoms with Crippen molar-refractivity contribution in [1.29, 1.82) is 0 Å². The maximum absolute atomic E-state index is 12.5. The number of carbonyl (C=O) groups excluding carboxylic acids is 1. The number of rotatable bonds is 4. The van der Waals surface area contributed by atoms with Gasteiger partial charge in [0.05, 0.1) is 31.2 Å². The van der Waals surface area contributed by atoms with Crippen LogP contribution in [0.5, 0.6) is 0 Å². The van der Waals surface area contributed by atoms with Crippen LogP contribution in [0.2, 0.25) is 5.02 Å². The number of aromatic nitrogens is 2. The first-order chi connectivity index (χ1) is 12.1. The van der Waals surface area contributed by atoms with E-state index in [4.69, 9.17) is 21.1 Å². The first kappa shape index (κ1) is 17.6. The molecule has 2 heterocycles. The van der Waals surface area contributed by atoms with E-state index in [1.165, 1.54) is 0 Å². The van der Waals surface area contributed by atoms with Crippen molar-refractivity contribution in [1.82, 2.24) is 9.97 Å². The minimum absolute atomic E-state index is 0.295. The number of aryl methyl sites for hydroxylation is 1. The molecule has 0 amide bonds. The van der Waals surface area contributed by atoms with Crippen LogP contribution in [0.25, 0.3) is 11.3 Å². The number of carbonyl (C=O) groups is 1. The summed E-state index contributed by atoms with van der Waals surface area (Å²) >= 11 is 5.99. The molecule has 0 bridgehead atoms. The Bertz CT molecular complexity index is 759. The maximum Gasteiger partial charge on any atom is 0.342 e. The number of anilines is 1. The third kappa shape index (κ3) is 3.91. The fourth-order valence-corrected chi connectivity index (χ4v) is 2.85. The van der Waals surface area contributed by atoms with Gasteiger partial charge in [-0.2, -0.15) is 0 Å². The van der Waals surface area contributed by atoms with Crippen molar-refractivity contribution in [2.45, 2.75) is 13.8 Å². The summed E-state index contributed by atoms with van der Waals surface area (Å²) in [7, 11) is 0. The lowest BCUT2D eigenvalue weighted by Gasteiger charge is -2.27. The summed E-state index contributed by atoms with van der Waals surface area (Å²) in [5.41, 5.74) is 2.35. The lowest BCUT2D eigenvalue weighted by atomic mass is 10.0. The third-order valence-electron chi connectivity index (χ3n) is 3.97. The molecule has 0 radical (unpaired) electrons. The molecule has 1 aliphatic rings. The van der Waals surface area contributed by atoms with Gasteiger partial charge in [-0.15, -0.1) is 0 Å². The summed E-state index contributed by atoms with van der Waals surface area (Å²) in [4.78, 5) is 23.7. The van der Waals surface area contributed by atoms with E-state index >= 15 is 0 Å². The molecule has 0 spiro atoms. The molecule has 0 unspecified atom stereocenters. The highest BCUT2D eigenvalue weighted by atomic mass is 35.5. The molecule has 6 nitrogen and oxygen atoms in total. The van der Waals surface area contributed by atoms with Crippen molar-refractivity contribution in [3.63, 3.8) is 0 Å². The van der Waals surface area contributed by atoms with Crippen LogP contribution in [-0.4, -0.2) is 48.8 Å². The zero-order valence-electron chi connectivity index (χ0n) is 14.3. The molecule has 0 aliphatic carbocycles. The van der Waals surface area contributed by atoms with E-state index < -0.39 is 5.97 Å². The maximum atomic E-state index is 12.5. The molecule has 1 aliphatic heterocycles. The first-order valence-electron chi connectivity index (χ1n) is 8.24. The van der Waals surface area contributed by atoms with E-state index in [0.29, 0.717) is 47.7 Å². The number of hydrogen-bond acceptors (Lipinski definition) is 6. The van der Waals surface area contributed by atoms with E-state index in [0.717, 1.165) is 18.7 Å². The lowest BCUT2D eigenvalue weighted by Crippen LogP contribution is -2.37. The molecule has 0 atom stereocenters. The van der Waals surface area contributed by atoms with Crippen LogP contribution in [0.4, 0.5) is 5.95 Å². The van der Waals surface area contributed by atoms with Gasteiger partial charge in [-0.05, 0) is 26.0 Å². The van der Waals surface area contributed by atoms with Crippen molar-refractivity contribution in [3.05, 3.63) is 40.5 Å². The predicted molar refractivity (Wildman–Crippen MR) is 96.2 cm³/mol. The second-order valence-corrected chi connectivity index (χ2v) is 6.10. The van der Waals surface area contributed by atoms with Gasteiger partial charge < -0.3 is 14.4 Å². The zero-order valence-corrected chi connectivity index (χ0v) is 15.0. The van der Waals surface area contributed by atoms with Crippen LogP contribution in [0.15, 0.2) is 24.3 Å².